The summed E-state index contributed by atoms with van der Waals surface area (Å²) in [6.45, 7) is 4.35. The Morgan fingerprint density at radius 3 is 2.81 bits per heavy atom. The van der Waals surface area contributed by atoms with Crippen molar-refractivity contribution >= 4 is 27.6 Å². The smallest absolute Gasteiger partial charge is 0.213 e. The molecular formula is C18H29ClN4O3S. The number of nitrogens with one attached hydrogen (secondary N) is 3. The van der Waals surface area contributed by atoms with Crippen LogP contribution in [0.15, 0.2) is 29.3 Å². The molecule has 1 aliphatic rings. The minimum atomic E-state index is -3.36. The van der Waals surface area contributed by atoms with Gasteiger partial charge in [-0.05, 0) is 37.8 Å². The van der Waals surface area contributed by atoms with E-state index in [4.69, 9.17) is 16.3 Å². The zero-order valence-corrected chi connectivity index (χ0v) is 17.3. The zero-order valence-electron chi connectivity index (χ0n) is 15.7. The van der Waals surface area contributed by atoms with Gasteiger partial charge in [-0.25, -0.2) is 18.1 Å². The number of hydrogen-bond acceptors (Lipinski definition) is 4. The number of aliphatic imine (C=N–C) groups is 1. The second-order valence-corrected chi connectivity index (χ2v) is 8.70. The summed E-state index contributed by atoms with van der Waals surface area (Å²) in [4.78, 5) is 4.46. The van der Waals surface area contributed by atoms with Gasteiger partial charge in [-0.2, -0.15) is 0 Å². The maximum absolute atomic E-state index is 12.2. The standard InChI is InChI=1S/C18H29ClN4O3S/c1-2-20-18(22-13-15-7-3-4-9-17(15)19)21-10-12-27(24,25)23-14-16-8-5-6-11-26-16/h3-4,7,9,16,23H,2,5-6,8,10-14H2,1H3,(H2,20,21,22). The molecule has 1 saturated heterocycles. The Hall–Kier alpha value is -1.35. The van der Waals surface area contributed by atoms with Crippen LogP contribution in [0.25, 0.3) is 0 Å². The number of sulfonamides is 1. The first-order chi connectivity index (χ1) is 13.0. The SMILES string of the molecule is CCNC(=NCc1ccccc1Cl)NCCS(=O)(=O)NCC1CCCCO1. The van der Waals surface area contributed by atoms with Crippen LogP contribution in [0.4, 0.5) is 0 Å². The van der Waals surface area contributed by atoms with Gasteiger partial charge in [0.15, 0.2) is 5.96 Å². The molecule has 1 heterocycles. The number of hydrogen-bond donors (Lipinski definition) is 3. The summed E-state index contributed by atoms with van der Waals surface area (Å²) in [5, 5.41) is 6.81. The van der Waals surface area contributed by atoms with Gasteiger partial charge in [0.25, 0.3) is 0 Å². The van der Waals surface area contributed by atoms with Gasteiger partial charge in [0.2, 0.25) is 10.0 Å². The summed E-state index contributed by atoms with van der Waals surface area (Å²) in [5.74, 6) is 0.527. The minimum Gasteiger partial charge on any atom is -0.377 e. The topological polar surface area (TPSA) is 91.8 Å². The van der Waals surface area contributed by atoms with Gasteiger partial charge in [0.05, 0.1) is 18.4 Å². The molecule has 9 heteroatoms. The van der Waals surface area contributed by atoms with Gasteiger partial charge in [-0.3, -0.25) is 0 Å². The Morgan fingerprint density at radius 1 is 1.30 bits per heavy atom. The first-order valence-corrected chi connectivity index (χ1v) is 11.4. The summed E-state index contributed by atoms with van der Waals surface area (Å²) in [7, 11) is -3.36. The molecule has 1 aromatic carbocycles. The van der Waals surface area contributed by atoms with E-state index in [1.165, 1.54) is 0 Å². The molecule has 0 saturated carbocycles. The van der Waals surface area contributed by atoms with Crippen LogP contribution in [0.2, 0.25) is 5.02 Å². The molecule has 1 fully saturated rings. The molecule has 1 aromatic rings. The lowest BCUT2D eigenvalue weighted by molar-refractivity contribution is 0.0200. The summed E-state index contributed by atoms with van der Waals surface area (Å²) in [6.07, 6.45) is 3.02. The van der Waals surface area contributed by atoms with Crippen molar-refractivity contribution in [1.82, 2.24) is 15.4 Å². The van der Waals surface area contributed by atoms with E-state index >= 15 is 0 Å². The fraction of sp³-hybridized carbons (Fsp3) is 0.611. The van der Waals surface area contributed by atoms with Crippen molar-refractivity contribution in [3.8, 4) is 0 Å². The lowest BCUT2D eigenvalue weighted by Crippen LogP contribution is -2.42. The predicted molar refractivity (Wildman–Crippen MR) is 110 cm³/mol. The minimum absolute atomic E-state index is 0.0176. The second-order valence-electron chi connectivity index (χ2n) is 6.37. The molecule has 7 nitrogen and oxygen atoms in total. The predicted octanol–water partition coefficient (Wildman–Crippen LogP) is 1.88. The number of guanidine groups is 1. The van der Waals surface area contributed by atoms with Gasteiger partial charge in [0, 0.05) is 31.3 Å². The lowest BCUT2D eigenvalue weighted by Gasteiger charge is -2.22. The van der Waals surface area contributed by atoms with Gasteiger partial charge in [-0.15, -0.1) is 0 Å². The Labute approximate surface area is 167 Å². The van der Waals surface area contributed by atoms with Crippen molar-refractivity contribution in [2.24, 2.45) is 4.99 Å². The van der Waals surface area contributed by atoms with E-state index < -0.39 is 10.0 Å². The van der Waals surface area contributed by atoms with Gasteiger partial charge < -0.3 is 15.4 Å². The van der Waals surface area contributed by atoms with E-state index in [0.29, 0.717) is 37.2 Å². The van der Waals surface area contributed by atoms with Crippen LogP contribution in [0.1, 0.15) is 31.7 Å². The largest absolute Gasteiger partial charge is 0.377 e. The third-order valence-corrected chi connectivity index (χ3v) is 5.89. The molecule has 0 aromatic heterocycles. The molecular weight excluding hydrogens is 388 g/mol. The van der Waals surface area contributed by atoms with Crippen LogP contribution in [0.5, 0.6) is 0 Å². The number of rotatable bonds is 9. The number of benzene rings is 1. The Balaban J connectivity index is 1.78. The maximum Gasteiger partial charge on any atom is 0.213 e. The van der Waals surface area contributed by atoms with E-state index in [2.05, 4.69) is 20.3 Å². The summed E-state index contributed by atoms with van der Waals surface area (Å²) in [5.41, 5.74) is 0.915. The first-order valence-electron chi connectivity index (χ1n) is 9.34. The molecule has 152 valence electrons. The van der Waals surface area contributed by atoms with E-state index in [-0.39, 0.29) is 18.4 Å². The van der Waals surface area contributed by atoms with Crippen LogP contribution in [-0.4, -0.2) is 52.5 Å². The summed E-state index contributed by atoms with van der Waals surface area (Å²) < 4.78 is 32.5. The van der Waals surface area contributed by atoms with E-state index in [9.17, 15) is 8.42 Å². The van der Waals surface area contributed by atoms with Crippen LogP contribution < -0.4 is 15.4 Å². The van der Waals surface area contributed by atoms with Crippen LogP contribution in [0.3, 0.4) is 0 Å². The molecule has 3 N–H and O–H groups in total. The van der Waals surface area contributed by atoms with Crippen molar-refractivity contribution in [2.75, 3.05) is 32.0 Å². The molecule has 1 unspecified atom stereocenters. The maximum atomic E-state index is 12.2. The summed E-state index contributed by atoms with van der Waals surface area (Å²) >= 11 is 6.14. The molecule has 0 radical (unpaired) electrons. The molecule has 2 rings (SSSR count). The van der Waals surface area contributed by atoms with Gasteiger partial charge in [0.1, 0.15) is 0 Å². The van der Waals surface area contributed by atoms with Crippen molar-refractivity contribution in [2.45, 2.75) is 38.8 Å². The monoisotopic (exact) mass is 416 g/mol. The number of nitrogens with zero attached hydrogens (tertiary/aromatic N) is 1. The molecule has 27 heavy (non-hydrogen) atoms. The molecule has 0 aliphatic carbocycles. The molecule has 1 aliphatic heterocycles. The highest BCUT2D eigenvalue weighted by atomic mass is 35.5. The molecule has 0 bridgehead atoms. The fourth-order valence-electron chi connectivity index (χ4n) is 2.70. The highest BCUT2D eigenvalue weighted by Gasteiger charge is 2.17. The fourth-order valence-corrected chi connectivity index (χ4v) is 3.85. The lowest BCUT2D eigenvalue weighted by atomic mass is 10.1. The highest BCUT2D eigenvalue weighted by Crippen LogP contribution is 2.15. The Bertz CT molecular complexity index is 706. The van der Waals surface area contributed by atoms with Crippen LogP contribution in [-0.2, 0) is 21.3 Å². The molecule has 0 spiro atoms. The van der Waals surface area contributed by atoms with Crippen LogP contribution >= 0.6 is 11.6 Å². The van der Waals surface area contributed by atoms with Crippen molar-refractivity contribution in [1.29, 1.82) is 0 Å². The van der Waals surface area contributed by atoms with Crippen molar-refractivity contribution in [3.63, 3.8) is 0 Å². The average Bonchev–Trinajstić information content (AvgIpc) is 2.66. The second kappa shape index (κ2) is 11.5. The zero-order chi connectivity index (χ0) is 19.5. The average molecular weight is 417 g/mol. The number of ether oxygens (including phenoxy) is 1. The first kappa shape index (κ1) is 21.9. The Morgan fingerprint density at radius 2 is 2.11 bits per heavy atom. The molecule has 0 amide bonds. The normalized spacial score (nSPS) is 18.3. The Kier molecular flexibility index (Phi) is 9.33. The van der Waals surface area contributed by atoms with E-state index in [1.807, 2.05) is 31.2 Å². The van der Waals surface area contributed by atoms with E-state index in [0.717, 1.165) is 24.8 Å². The third-order valence-electron chi connectivity index (χ3n) is 4.18. The number of halogens is 1. The van der Waals surface area contributed by atoms with Gasteiger partial charge >= 0.3 is 0 Å². The van der Waals surface area contributed by atoms with Crippen LogP contribution in [0, 0.1) is 0 Å². The summed E-state index contributed by atoms with van der Waals surface area (Å²) in [6, 6.07) is 7.51. The van der Waals surface area contributed by atoms with E-state index in [1.54, 1.807) is 0 Å². The molecule has 1 atom stereocenters. The van der Waals surface area contributed by atoms with Crippen molar-refractivity contribution in [3.05, 3.63) is 34.9 Å². The van der Waals surface area contributed by atoms with Crippen molar-refractivity contribution < 1.29 is 13.2 Å². The van der Waals surface area contributed by atoms with Gasteiger partial charge in [-0.1, -0.05) is 29.8 Å². The third kappa shape index (κ3) is 8.47. The quantitative estimate of drug-likeness (QED) is 0.422. The highest BCUT2D eigenvalue weighted by molar-refractivity contribution is 7.89.